The van der Waals surface area contributed by atoms with Gasteiger partial charge in [-0.15, -0.1) is 13.2 Å². The SMILES string of the molecule is FC(OC(F)(F)F)C(F)(F)[S]. The number of hydrogen-bond acceptors (Lipinski definition) is 1. The van der Waals surface area contributed by atoms with E-state index in [1.807, 2.05) is 0 Å². The standard InChI is InChI=1S/C3HF6OS/c4-1(2(5,6)11)10-3(7,8)9/h1H. The predicted molar refractivity (Wildman–Crippen MR) is 24.6 cm³/mol. The molecule has 1 nitrogen and oxygen atoms in total. The van der Waals surface area contributed by atoms with Crippen LogP contribution in [0.15, 0.2) is 0 Å². The maximum atomic E-state index is 11.6. The van der Waals surface area contributed by atoms with E-state index in [1.54, 1.807) is 0 Å². The van der Waals surface area contributed by atoms with Gasteiger partial charge in [0.25, 0.3) is 6.36 Å². The second-order valence-electron chi connectivity index (χ2n) is 1.44. The summed E-state index contributed by atoms with van der Waals surface area (Å²) in [7, 11) is 0. The molecule has 0 amide bonds. The molecule has 0 fully saturated rings. The van der Waals surface area contributed by atoms with E-state index in [2.05, 4.69) is 17.4 Å². The third-order valence-corrected chi connectivity index (χ3v) is 0.687. The Hall–Kier alpha value is -0.110. The average molecular weight is 199 g/mol. The van der Waals surface area contributed by atoms with Crippen molar-refractivity contribution in [3.05, 3.63) is 0 Å². The zero-order chi connectivity index (χ0) is 9.28. The molecule has 1 unspecified atom stereocenters. The maximum absolute atomic E-state index is 11.6. The lowest BCUT2D eigenvalue weighted by Gasteiger charge is -2.15. The molecule has 0 rings (SSSR count). The van der Waals surface area contributed by atoms with Crippen molar-refractivity contribution in [2.75, 3.05) is 0 Å². The molecule has 0 aromatic carbocycles. The first-order valence-electron chi connectivity index (χ1n) is 2.10. The van der Waals surface area contributed by atoms with Crippen molar-refractivity contribution < 1.29 is 31.1 Å². The topological polar surface area (TPSA) is 9.23 Å². The Kier molecular flexibility index (Phi) is 3.06. The Morgan fingerprint density at radius 1 is 1.09 bits per heavy atom. The Morgan fingerprint density at radius 3 is 1.55 bits per heavy atom. The molecule has 0 saturated carbocycles. The molecule has 0 spiro atoms. The smallest absolute Gasteiger partial charge is 0.249 e. The third-order valence-electron chi connectivity index (χ3n) is 0.501. The van der Waals surface area contributed by atoms with Crippen LogP contribution in [0.3, 0.4) is 0 Å². The van der Waals surface area contributed by atoms with Gasteiger partial charge in [-0.25, -0.2) is 9.13 Å². The minimum Gasteiger partial charge on any atom is -0.249 e. The predicted octanol–water partition coefficient (Wildman–Crippen LogP) is 2.61. The van der Waals surface area contributed by atoms with Gasteiger partial charge in [0.15, 0.2) is 0 Å². The lowest BCUT2D eigenvalue weighted by molar-refractivity contribution is -0.377. The number of rotatable bonds is 2. The number of halogens is 6. The highest BCUT2D eigenvalue weighted by Gasteiger charge is 2.46. The molecule has 67 valence electrons. The molecular weight excluding hydrogens is 198 g/mol. The van der Waals surface area contributed by atoms with Crippen LogP contribution in [0.25, 0.3) is 0 Å². The summed E-state index contributed by atoms with van der Waals surface area (Å²) in [6, 6.07) is 0. The lowest BCUT2D eigenvalue weighted by atomic mass is 10.7. The molecule has 0 aliphatic heterocycles. The average Bonchev–Trinajstić information content (AvgIpc) is 1.56. The van der Waals surface area contributed by atoms with Crippen molar-refractivity contribution in [1.82, 2.24) is 0 Å². The van der Waals surface area contributed by atoms with Crippen LogP contribution in [0.1, 0.15) is 0 Å². The second kappa shape index (κ2) is 3.10. The number of ether oxygens (including phenoxy) is 1. The quantitative estimate of drug-likeness (QED) is 0.621. The summed E-state index contributed by atoms with van der Waals surface area (Å²) in [4.78, 5) is 0. The first-order chi connectivity index (χ1) is 4.63. The molecular formula is C3HF6OS. The van der Waals surface area contributed by atoms with Gasteiger partial charge in [-0.3, -0.25) is 0 Å². The van der Waals surface area contributed by atoms with Crippen LogP contribution in [0.4, 0.5) is 26.3 Å². The Labute approximate surface area is 62.7 Å². The van der Waals surface area contributed by atoms with E-state index in [0.717, 1.165) is 0 Å². The van der Waals surface area contributed by atoms with Crippen LogP contribution >= 0.6 is 12.6 Å². The van der Waals surface area contributed by atoms with Gasteiger partial charge in [0.05, 0.1) is 0 Å². The van der Waals surface area contributed by atoms with Crippen molar-refractivity contribution in [2.24, 2.45) is 0 Å². The van der Waals surface area contributed by atoms with Crippen LogP contribution in [0.2, 0.25) is 0 Å². The highest BCUT2D eigenvalue weighted by atomic mass is 32.1. The van der Waals surface area contributed by atoms with Gasteiger partial charge in [-0.05, 0) is 12.6 Å². The Balaban J connectivity index is 3.99. The maximum Gasteiger partial charge on any atom is 0.525 e. The van der Waals surface area contributed by atoms with Gasteiger partial charge in [0.1, 0.15) is 0 Å². The third kappa shape index (κ3) is 5.19. The van der Waals surface area contributed by atoms with E-state index in [0.29, 0.717) is 0 Å². The fraction of sp³-hybridized carbons (Fsp3) is 1.00. The minimum absolute atomic E-state index is 2.28. The Bertz CT molecular complexity index is 127. The normalized spacial score (nSPS) is 16.6. The van der Waals surface area contributed by atoms with E-state index in [4.69, 9.17) is 0 Å². The summed E-state index contributed by atoms with van der Waals surface area (Å²) in [5.41, 5.74) is 0. The van der Waals surface area contributed by atoms with Gasteiger partial charge < -0.3 is 0 Å². The molecule has 0 aromatic heterocycles. The minimum atomic E-state index is -5.44. The molecule has 0 bridgehead atoms. The lowest BCUT2D eigenvalue weighted by Crippen LogP contribution is -2.32. The molecule has 8 heteroatoms. The summed E-state index contributed by atoms with van der Waals surface area (Å²) >= 11 is 3.04. The Morgan fingerprint density at radius 2 is 1.45 bits per heavy atom. The second-order valence-corrected chi connectivity index (χ2v) is 1.99. The van der Waals surface area contributed by atoms with Crippen LogP contribution in [0.5, 0.6) is 0 Å². The van der Waals surface area contributed by atoms with Crippen LogP contribution in [0, 0.1) is 0 Å². The summed E-state index contributed by atoms with van der Waals surface area (Å²) in [6.45, 7) is 0. The highest BCUT2D eigenvalue weighted by molar-refractivity contribution is 7.81. The van der Waals surface area contributed by atoms with Crippen molar-refractivity contribution in [2.45, 2.75) is 18.0 Å². The van der Waals surface area contributed by atoms with E-state index in [1.165, 1.54) is 0 Å². The first-order valence-corrected chi connectivity index (χ1v) is 2.50. The molecule has 1 atom stereocenters. The van der Waals surface area contributed by atoms with E-state index >= 15 is 0 Å². The molecule has 0 saturated heterocycles. The van der Waals surface area contributed by atoms with Crippen LogP contribution < -0.4 is 0 Å². The van der Waals surface area contributed by atoms with E-state index < -0.39 is 18.0 Å². The molecule has 1 radical (unpaired) electrons. The zero-order valence-electron chi connectivity index (χ0n) is 4.66. The van der Waals surface area contributed by atoms with Crippen molar-refractivity contribution in [1.29, 1.82) is 0 Å². The monoisotopic (exact) mass is 199 g/mol. The van der Waals surface area contributed by atoms with Crippen LogP contribution in [-0.2, 0) is 4.74 Å². The summed E-state index contributed by atoms with van der Waals surface area (Å²) in [5, 5.41) is -4.56. The molecule has 11 heavy (non-hydrogen) atoms. The molecule has 0 aromatic rings. The van der Waals surface area contributed by atoms with Crippen molar-refractivity contribution in [3.63, 3.8) is 0 Å². The van der Waals surface area contributed by atoms with Gasteiger partial charge in [0.2, 0.25) is 0 Å². The van der Waals surface area contributed by atoms with Gasteiger partial charge in [-0.1, -0.05) is 0 Å². The molecule has 0 heterocycles. The van der Waals surface area contributed by atoms with Crippen molar-refractivity contribution >= 4 is 12.6 Å². The fourth-order valence-electron chi connectivity index (χ4n) is 0.186. The molecule has 0 N–H and O–H groups in total. The molecule has 0 aliphatic carbocycles. The van der Waals surface area contributed by atoms with Gasteiger partial charge in [0, 0.05) is 0 Å². The first kappa shape index (κ1) is 10.9. The molecule has 0 aliphatic rings. The summed E-state index contributed by atoms with van der Waals surface area (Å²) in [5.74, 6) is 0. The van der Waals surface area contributed by atoms with Crippen LogP contribution in [-0.4, -0.2) is 18.0 Å². The fourth-order valence-corrected chi connectivity index (χ4v) is 0.234. The zero-order valence-corrected chi connectivity index (χ0v) is 5.48. The highest BCUT2D eigenvalue weighted by Crippen LogP contribution is 2.31. The van der Waals surface area contributed by atoms with Gasteiger partial charge >= 0.3 is 11.6 Å². The van der Waals surface area contributed by atoms with Gasteiger partial charge in [-0.2, -0.15) is 8.78 Å². The summed E-state index contributed by atoms with van der Waals surface area (Å²) < 4.78 is 69.8. The largest absolute Gasteiger partial charge is 0.525 e. The van der Waals surface area contributed by atoms with E-state index in [9.17, 15) is 26.3 Å². The summed E-state index contributed by atoms with van der Waals surface area (Å²) in [6.07, 6.45) is -9.28. The van der Waals surface area contributed by atoms with Crippen molar-refractivity contribution in [3.8, 4) is 0 Å². The number of hydrogen-bond donors (Lipinski definition) is 0. The van der Waals surface area contributed by atoms with E-state index in [-0.39, 0.29) is 0 Å². The number of alkyl halides is 6.